The molecule has 0 bridgehead atoms. The molecule has 3 atom stereocenters. The van der Waals surface area contributed by atoms with Crippen LogP contribution in [0.5, 0.6) is 0 Å². The Morgan fingerprint density at radius 2 is 2.29 bits per heavy atom. The Hall–Kier alpha value is -0.900. The summed E-state index contributed by atoms with van der Waals surface area (Å²) in [7, 11) is 0. The molecule has 2 aliphatic rings. The largest absolute Gasteiger partial charge is 0.346 e. The zero-order chi connectivity index (χ0) is 12.0. The maximum Gasteiger partial charge on any atom is 0.223 e. The monoisotopic (exact) mass is 250 g/mol. The van der Waals surface area contributed by atoms with Crippen LogP contribution < -0.4 is 5.32 Å². The van der Waals surface area contributed by atoms with Gasteiger partial charge in [-0.15, -0.1) is 11.3 Å². The fourth-order valence-corrected chi connectivity index (χ4v) is 3.21. The van der Waals surface area contributed by atoms with Crippen molar-refractivity contribution in [3.8, 4) is 0 Å². The highest BCUT2D eigenvalue weighted by Crippen LogP contribution is 2.44. The average Bonchev–Trinajstić information content (AvgIpc) is 3.18. The number of carbonyl (C=O) groups is 1. The first-order valence-electron chi connectivity index (χ1n) is 6.37. The summed E-state index contributed by atoms with van der Waals surface area (Å²) in [5.41, 5.74) is 1.06. The summed E-state index contributed by atoms with van der Waals surface area (Å²) in [6.07, 6.45) is 3.51. The van der Waals surface area contributed by atoms with E-state index in [1.807, 2.05) is 6.92 Å². The highest BCUT2D eigenvalue weighted by Gasteiger charge is 2.42. The van der Waals surface area contributed by atoms with E-state index in [1.165, 1.54) is 12.8 Å². The van der Waals surface area contributed by atoms with Gasteiger partial charge in [-0.2, -0.15) is 0 Å². The van der Waals surface area contributed by atoms with Crippen LogP contribution in [0.1, 0.15) is 42.9 Å². The smallest absolute Gasteiger partial charge is 0.223 e. The van der Waals surface area contributed by atoms with Crippen LogP contribution in [0.25, 0.3) is 0 Å². The zero-order valence-electron chi connectivity index (χ0n) is 10.3. The van der Waals surface area contributed by atoms with E-state index < -0.39 is 0 Å². The lowest BCUT2D eigenvalue weighted by Gasteiger charge is -2.15. The third-order valence-electron chi connectivity index (χ3n) is 3.74. The van der Waals surface area contributed by atoms with E-state index in [-0.39, 0.29) is 17.9 Å². The molecule has 92 valence electrons. The third kappa shape index (κ3) is 2.37. The molecular weight excluding hydrogens is 232 g/mol. The Balaban J connectivity index is 1.70. The van der Waals surface area contributed by atoms with E-state index in [1.54, 1.807) is 11.3 Å². The summed E-state index contributed by atoms with van der Waals surface area (Å²) in [5, 5.41) is 6.37. The molecule has 17 heavy (non-hydrogen) atoms. The Morgan fingerprint density at radius 3 is 2.76 bits per heavy atom. The van der Waals surface area contributed by atoms with Gasteiger partial charge in [0.15, 0.2) is 0 Å². The van der Waals surface area contributed by atoms with Crippen LogP contribution in [0.4, 0.5) is 0 Å². The van der Waals surface area contributed by atoms with Crippen molar-refractivity contribution in [2.45, 2.75) is 39.2 Å². The molecule has 0 aliphatic heterocycles. The van der Waals surface area contributed by atoms with Crippen molar-refractivity contribution in [1.29, 1.82) is 0 Å². The van der Waals surface area contributed by atoms with E-state index in [9.17, 15) is 4.79 Å². The van der Waals surface area contributed by atoms with Crippen LogP contribution in [-0.4, -0.2) is 10.9 Å². The number of amides is 1. The number of nitrogens with one attached hydrogen (secondary N) is 1. The second kappa shape index (κ2) is 4.09. The number of nitrogens with zero attached hydrogens (tertiary/aromatic N) is 1. The molecule has 1 aromatic heterocycles. The zero-order valence-corrected chi connectivity index (χ0v) is 11.1. The van der Waals surface area contributed by atoms with E-state index in [4.69, 9.17) is 0 Å². The summed E-state index contributed by atoms with van der Waals surface area (Å²) in [5.74, 6) is 1.70. The van der Waals surface area contributed by atoms with Crippen LogP contribution in [0.2, 0.25) is 0 Å². The van der Waals surface area contributed by atoms with E-state index in [0.29, 0.717) is 11.8 Å². The second-order valence-corrected chi connectivity index (χ2v) is 6.36. The molecule has 1 amide bonds. The number of aromatic nitrogens is 1. The fourth-order valence-electron chi connectivity index (χ4n) is 2.27. The molecular formula is C13H18N2OS. The van der Waals surface area contributed by atoms with Gasteiger partial charge in [-0.05, 0) is 38.0 Å². The Bertz CT molecular complexity index is 438. The van der Waals surface area contributed by atoms with Gasteiger partial charge in [-0.3, -0.25) is 4.79 Å². The highest BCUT2D eigenvalue weighted by atomic mass is 32.1. The number of rotatable bonds is 4. The van der Waals surface area contributed by atoms with Gasteiger partial charge in [0.05, 0.1) is 6.04 Å². The van der Waals surface area contributed by atoms with Gasteiger partial charge in [0.2, 0.25) is 5.91 Å². The number of hydrogen-bond acceptors (Lipinski definition) is 3. The predicted molar refractivity (Wildman–Crippen MR) is 67.7 cm³/mol. The molecule has 0 radical (unpaired) electrons. The molecule has 0 aromatic carbocycles. The standard InChI is InChI=1S/C13H18N2OS/c1-7-5-10(7)12(16)15-11(9-3-4-9)13-14-8(2)6-17-13/h6-7,9-11H,3-5H2,1-2H3,(H,15,16)/t7-,10-,11-/m1/s1. The van der Waals surface area contributed by atoms with E-state index >= 15 is 0 Å². The van der Waals surface area contributed by atoms with Gasteiger partial charge in [0.1, 0.15) is 5.01 Å². The minimum absolute atomic E-state index is 0.175. The Kier molecular flexibility index (Phi) is 2.69. The van der Waals surface area contributed by atoms with Crippen LogP contribution in [0, 0.1) is 24.7 Å². The number of carbonyl (C=O) groups excluding carboxylic acids is 1. The summed E-state index contributed by atoms with van der Waals surface area (Å²) >= 11 is 1.68. The molecule has 0 spiro atoms. The maximum absolute atomic E-state index is 12.0. The van der Waals surface area contributed by atoms with Gasteiger partial charge in [0.25, 0.3) is 0 Å². The van der Waals surface area contributed by atoms with Crippen molar-refractivity contribution in [1.82, 2.24) is 10.3 Å². The number of hydrogen-bond donors (Lipinski definition) is 1. The van der Waals surface area contributed by atoms with E-state index in [2.05, 4.69) is 22.6 Å². The van der Waals surface area contributed by atoms with Crippen molar-refractivity contribution in [3.63, 3.8) is 0 Å². The molecule has 3 rings (SSSR count). The van der Waals surface area contributed by atoms with Crippen molar-refractivity contribution in [3.05, 3.63) is 16.1 Å². The van der Waals surface area contributed by atoms with Gasteiger partial charge >= 0.3 is 0 Å². The second-order valence-electron chi connectivity index (χ2n) is 5.47. The minimum Gasteiger partial charge on any atom is -0.346 e. The van der Waals surface area contributed by atoms with Gasteiger partial charge in [-0.1, -0.05) is 6.92 Å². The van der Waals surface area contributed by atoms with Gasteiger partial charge in [0, 0.05) is 17.0 Å². The van der Waals surface area contributed by atoms with Gasteiger partial charge < -0.3 is 5.32 Å². The van der Waals surface area contributed by atoms with Crippen LogP contribution in [0.3, 0.4) is 0 Å². The first-order valence-corrected chi connectivity index (χ1v) is 7.25. The van der Waals surface area contributed by atoms with Crippen LogP contribution in [0.15, 0.2) is 5.38 Å². The summed E-state index contributed by atoms with van der Waals surface area (Å²) in [6, 6.07) is 0.175. The van der Waals surface area contributed by atoms with Crippen molar-refractivity contribution < 1.29 is 4.79 Å². The number of thiazole rings is 1. The maximum atomic E-state index is 12.0. The summed E-state index contributed by atoms with van der Waals surface area (Å²) in [4.78, 5) is 16.5. The van der Waals surface area contributed by atoms with Crippen LogP contribution >= 0.6 is 11.3 Å². The first kappa shape index (κ1) is 11.2. The van der Waals surface area contributed by atoms with Crippen molar-refractivity contribution in [2.75, 3.05) is 0 Å². The lowest BCUT2D eigenvalue weighted by Crippen LogP contribution is -2.31. The Morgan fingerprint density at radius 1 is 1.59 bits per heavy atom. The van der Waals surface area contributed by atoms with E-state index in [0.717, 1.165) is 17.1 Å². The molecule has 0 saturated heterocycles. The fraction of sp³-hybridized carbons (Fsp3) is 0.692. The number of aryl methyl sites for hydroxylation is 1. The Labute approximate surface area is 106 Å². The molecule has 3 nitrogen and oxygen atoms in total. The first-order chi connectivity index (χ1) is 8.15. The lowest BCUT2D eigenvalue weighted by molar-refractivity contribution is -0.123. The topological polar surface area (TPSA) is 42.0 Å². The molecule has 4 heteroatoms. The molecule has 1 aromatic rings. The predicted octanol–water partition coefficient (Wildman–Crippen LogP) is 2.67. The minimum atomic E-state index is 0.175. The third-order valence-corrected chi connectivity index (χ3v) is 4.79. The molecule has 1 N–H and O–H groups in total. The van der Waals surface area contributed by atoms with Gasteiger partial charge in [-0.25, -0.2) is 4.98 Å². The molecule has 0 unspecified atom stereocenters. The normalized spacial score (nSPS) is 28.8. The molecule has 2 saturated carbocycles. The summed E-state index contributed by atoms with van der Waals surface area (Å²) in [6.45, 7) is 4.15. The molecule has 2 fully saturated rings. The molecule has 2 aliphatic carbocycles. The average molecular weight is 250 g/mol. The SMILES string of the molecule is Cc1csc([C@H](NC(=O)[C@@H]2C[C@H]2C)C2CC2)n1. The highest BCUT2D eigenvalue weighted by molar-refractivity contribution is 7.09. The molecule has 1 heterocycles. The summed E-state index contributed by atoms with van der Waals surface area (Å²) < 4.78 is 0. The van der Waals surface area contributed by atoms with Crippen LogP contribution in [-0.2, 0) is 4.79 Å². The lowest BCUT2D eigenvalue weighted by atomic mass is 10.2. The quantitative estimate of drug-likeness (QED) is 0.892. The van der Waals surface area contributed by atoms with Crippen molar-refractivity contribution in [2.24, 2.45) is 17.8 Å². The van der Waals surface area contributed by atoms with Crippen molar-refractivity contribution >= 4 is 17.2 Å².